The number of ether oxygens (including phenoxy) is 4. The number of hydrogen-bond acceptors (Lipinski definition) is 11. The van der Waals surface area contributed by atoms with Crippen LogP contribution in [-0.4, -0.2) is 97.0 Å². The third-order valence-electron chi connectivity index (χ3n) is 14.2. The number of nitrogens with zero attached hydrogens (tertiary/aromatic N) is 2. The number of hydrogen-bond donors (Lipinski definition) is 3. The third-order valence-corrected chi connectivity index (χ3v) is 16.1. The number of benzene rings is 2. The Kier molecular flexibility index (Phi) is 12.4. The second-order valence-corrected chi connectivity index (χ2v) is 21.8. The first-order valence-corrected chi connectivity index (χ1v) is 25.0. The van der Waals surface area contributed by atoms with Gasteiger partial charge in [0.1, 0.15) is 35.6 Å². The minimum atomic E-state index is -3.95. The third kappa shape index (κ3) is 9.68. The van der Waals surface area contributed by atoms with Crippen molar-refractivity contribution in [3.05, 3.63) is 60.4 Å². The molecule has 1 saturated heterocycles. The number of pyridine rings is 1. The molecule has 3 N–H and O–H groups in total. The van der Waals surface area contributed by atoms with Crippen LogP contribution in [0.2, 0.25) is 0 Å². The molecule has 3 aromatic rings. The predicted octanol–water partition coefficient (Wildman–Crippen LogP) is 6.57. The van der Waals surface area contributed by atoms with Gasteiger partial charge < -0.3 is 34.5 Å². The summed E-state index contributed by atoms with van der Waals surface area (Å²) < 4.78 is 67.5. The number of methoxy groups -OCH3 is 1. The van der Waals surface area contributed by atoms with Crippen molar-refractivity contribution < 1.29 is 50.9 Å². The van der Waals surface area contributed by atoms with Gasteiger partial charge in [-0.1, -0.05) is 26.0 Å². The van der Waals surface area contributed by atoms with E-state index in [9.17, 15) is 22.8 Å². The van der Waals surface area contributed by atoms with Gasteiger partial charge in [0.15, 0.2) is 11.6 Å². The zero-order valence-electron chi connectivity index (χ0n) is 38.1. The van der Waals surface area contributed by atoms with Crippen molar-refractivity contribution in [1.82, 2.24) is 25.2 Å². The highest BCUT2D eigenvalue weighted by Crippen LogP contribution is 2.52. The van der Waals surface area contributed by atoms with E-state index < -0.39 is 74.5 Å². The number of amides is 4. The van der Waals surface area contributed by atoms with Gasteiger partial charge in [-0.3, -0.25) is 19.1 Å². The number of aromatic nitrogens is 1. The van der Waals surface area contributed by atoms with Crippen molar-refractivity contribution in [2.75, 3.05) is 13.7 Å². The highest BCUT2D eigenvalue weighted by molar-refractivity contribution is 7.91. The van der Waals surface area contributed by atoms with E-state index >= 15 is 9.18 Å². The van der Waals surface area contributed by atoms with Crippen molar-refractivity contribution in [3.63, 3.8) is 0 Å². The molecule has 4 saturated carbocycles. The van der Waals surface area contributed by atoms with E-state index in [1.165, 1.54) is 11.0 Å². The maximum Gasteiger partial charge on any atom is 0.408 e. The number of rotatable bonds is 11. The first-order valence-electron chi connectivity index (χ1n) is 23.4. The lowest BCUT2D eigenvalue weighted by atomic mass is 9.88. The summed E-state index contributed by atoms with van der Waals surface area (Å²) in [6.45, 7) is 7.51. The highest BCUT2D eigenvalue weighted by Gasteiger charge is 2.62. The van der Waals surface area contributed by atoms with Crippen LogP contribution in [0.1, 0.15) is 91.9 Å². The molecule has 1 aromatic heterocycles. The molecular formula is C49H60FN5O10S. The summed E-state index contributed by atoms with van der Waals surface area (Å²) in [5.74, 6) is -1.32. The van der Waals surface area contributed by atoms with Gasteiger partial charge in [-0.25, -0.2) is 22.6 Å². The quantitative estimate of drug-likeness (QED) is 0.176. The number of nitrogens with one attached hydrogen (secondary N) is 3. The molecule has 66 heavy (non-hydrogen) atoms. The summed E-state index contributed by atoms with van der Waals surface area (Å²) in [6.07, 6.45) is 7.59. The number of halogens is 1. The SMILES string of the molecule is COc1ccc2c(O[C@@H]3C[C@H]4C(=O)N[C@]5(C(=O)NS(=O)(=O)C6CC6)CC5/C=C\CC[C@H](C)C[C@@H](C)[C@H](NC(=O)O[C@@H]5C[C@@H]6C[C@@H]6C5)C(=O)N4C3)nc(-c3ccc(OC(C)C)c(F)c3)cc2c1. The molecule has 15 nitrogen and oxygen atoms in total. The van der Waals surface area contributed by atoms with Gasteiger partial charge in [-0.05, 0) is 143 Å². The molecule has 10 atom stereocenters. The molecule has 354 valence electrons. The van der Waals surface area contributed by atoms with Gasteiger partial charge in [0, 0.05) is 23.3 Å². The van der Waals surface area contributed by atoms with Crippen LogP contribution in [0.5, 0.6) is 17.4 Å². The van der Waals surface area contributed by atoms with Crippen LogP contribution in [-0.2, 0) is 29.1 Å². The molecule has 0 bridgehead atoms. The number of fused-ring (bicyclic) bond motifs is 4. The first-order chi connectivity index (χ1) is 31.5. The summed E-state index contributed by atoms with van der Waals surface area (Å²) in [4.78, 5) is 63.9. The fraction of sp³-hybridized carbons (Fsp3) is 0.571. The lowest BCUT2D eigenvalue weighted by molar-refractivity contribution is -0.142. The van der Waals surface area contributed by atoms with E-state index in [4.69, 9.17) is 23.9 Å². The summed E-state index contributed by atoms with van der Waals surface area (Å²) in [5, 5.41) is 6.43. The van der Waals surface area contributed by atoms with Gasteiger partial charge in [-0.2, -0.15) is 0 Å². The highest BCUT2D eigenvalue weighted by atomic mass is 32.2. The lowest BCUT2D eigenvalue weighted by Crippen LogP contribution is -2.59. The molecule has 5 fully saturated rings. The van der Waals surface area contributed by atoms with Crippen molar-refractivity contribution in [1.29, 1.82) is 0 Å². The van der Waals surface area contributed by atoms with E-state index in [1.54, 1.807) is 43.5 Å². The lowest BCUT2D eigenvalue weighted by Gasteiger charge is -2.33. The van der Waals surface area contributed by atoms with Crippen LogP contribution < -0.4 is 29.6 Å². The summed E-state index contributed by atoms with van der Waals surface area (Å²) in [6, 6.07) is 9.43. The number of allylic oxidation sites excluding steroid dienone is 1. The Balaban J connectivity index is 1.05. The van der Waals surface area contributed by atoms with Crippen molar-refractivity contribution in [2.45, 2.75) is 133 Å². The molecule has 4 amide bonds. The molecule has 0 spiro atoms. The summed E-state index contributed by atoms with van der Waals surface area (Å²) in [5.41, 5.74) is -0.734. The Labute approximate surface area is 385 Å². The van der Waals surface area contributed by atoms with Crippen LogP contribution >= 0.6 is 0 Å². The molecule has 3 heterocycles. The van der Waals surface area contributed by atoms with Gasteiger partial charge in [0.05, 0.1) is 30.7 Å². The second kappa shape index (κ2) is 18.0. The van der Waals surface area contributed by atoms with Gasteiger partial charge in [0.2, 0.25) is 27.7 Å². The van der Waals surface area contributed by atoms with E-state index in [0.29, 0.717) is 65.3 Å². The smallest absolute Gasteiger partial charge is 0.408 e. The van der Waals surface area contributed by atoms with E-state index in [-0.39, 0.29) is 55.1 Å². The molecular weight excluding hydrogens is 870 g/mol. The molecule has 6 aliphatic rings. The topological polar surface area (TPSA) is 192 Å². The summed E-state index contributed by atoms with van der Waals surface area (Å²) in [7, 11) is -2.40. The number of carbonyl (C=O) groups excluding carboxylic acids is 4. The van der Waals surface area contributed by atoms with Crippen LogP contribution in [0.25, 0.3) is 22.0 Å². The Bertz CT molecular complexity index is 2540. The zero-order chi connectivity index (χ0) is 46.7. The molecule has 0 radical (unpaired) electrons. The maximum absolute atomic E-state index is 15.4. The van der Waals surface area contributed by atoms with E-state index in [0.717, 1.165) is 25.7 Å². The minimum absolute atomic E-state index is 0.0393. The van der Waals surface area contributed by atoms with Crippen LogP contribution in [0.4, 0.5) is 9.18 Å². The second-order valence-electron chi connectivity index (χ2n) is 19.8. The van der Waals surface area contributed by atoms with Crippen LogP contribution in [0.15, 0.2) is 54.6 Å². The average Bonchev–Trinajstić information content (AvgIpc) is 4.23. The minimum Gasteiger partial charge on any atom is -0.497 e. The molecule has 4 aliphatic carbocycles. The maximum atomic E-state index is 15.4. The van der Waals surface area contributed by atoms with Crippen molar-refractivity contribution in [2.24, 2.45) is 29.6 Å². The van der Waals surface area contributed by atoms with E-state index in [2.05, 4.69) is 22.3 Å². The molecule has 9 rings (SSSR count). The van der Waals surface area contributed by atoms with E-state index in [1.807, 2.05) is 32.9 Å². The Morgan fingerprint density at radius 3 is 2.45 bits per heavy atom. The number of sulfonamides is 1. The number of alkyl carbamates (subject to hydrolysis) is 1. The standard InChI is InChI=1S/C49H60FN5O10S/c1-26(2)63-42-15-10-29(21-39(42)50)40-22-32-20-34(62-5)11-14-38(32)45(51-40)64-36-23-41-44(56)53-49(47(58)54-66(60,61)37-12-13-37)24-33(49)9-7-6-8-27(3)16-28(4)43(46(57)55(41)25-36)52-48(59)65-35-18-30-17-31(30)19-35/h7,9-11,14-15,20-22,26-28,30-31,33,35-37,41,43H,6,8,12-13,16-19,23-25H2,1-5H3,(H,52,59)(H,53,56)(H,54,58)/b9-7-/t27-,28+,30-,31+,33?,35+,36+,41-,43-,49+/m0/s1. The molecule has 2 aromatic carbocycles. The Hall–Kier alpha value is -5.45. The zero-order valence-corrected chi connectivity index (χ0v) is 38.9. The van der Waals surface area contributed by atoms with Crippen LogP contribution in [0, 0.1) is 35.4 Å². The fourth-order valence-corrected chi connectivity index (χ4v) is 11.7. The van der Waals surface area contributed by atoms with Crippen molar-refractivity contribution >= 4 is 44.6 Å². The average molecular weight is 930 g/mol. The Morgan fingerprint density at radius 1 is 0.970 bits per heavy atom. The largest absolute Gasteiger partial charge is 0.497 e. The van der Waals surface area contributed by atoms with Crippen LogP contribution in [0.3, 0.4) is 0 Å². The first kappa shape index (κ1) is 45.7. The van der Waals surface area contributed by atoms with Gasteiger partial charge in [-0.15, -0.1) is 0 Å². The molecule has 17 heteroatoms. The normalized spacial score (nSPS) is 31.3. The monoisotopic (exact) mass is 929 g/mol. The predicted molar refractivity (Wildman–Crippen MR) is 242 cm³/mol. The molecule has 1 unspecified atom stereocenters. The number of carbonyl (C=O) groups is 4. The van der Waals surface area contributed by atoms with Gasteiger partial charge >= 0.3 is 6.09 Å². The fourth-order valence-electron chi connectivity index (χ4n) is 10.3. The van der Waals surface area contributed by atoms with Gasteiger partial charge in [0.25, 0.3) is 5.91 Å². The Morgan fingerprint density at radius 2 is 1.74 bits per heavy atom. The molecule has 2 aliphatic heterocycles. The summed E-state index contributed by atoms with van der Waals surface area (Å²) >= 11 is 0. The van der Waals surface area contributed by atoms with Crippen molar-refractivity contribution in [3.8, 4) is 28.6 Å².